The van der Waals surface area contributed by atoms with Crippen LogP contribution in [-0.2, 0) is 37.4 Å². The van der Waals surface area contributed by atoms with Gasteiger partial charge in [-0.1, -0.05) is 99.1 Å². The number of furan rings is 1. The van der Waals surface area contributed by atoms with Crippen LogP contribution in [0.25, 0.3) is 21.9 Å². The van der Waals surface area contributed by atoms with E-state index in [0.717, 1.165) is 16.5 Å². The van der Waals surface area contributed by atoms with Gasteiger partial charge >= 0.3 is 6.09 Å². The number of alkyl carbamates (subject to hydrolysis) is 1. The Morgan fingerprint density at radius 2 is 1.44 bits per heavy atom. The number of rotatable bonds is 15. The molecule has 10 nitrogen and oxygen atoms in total. The van der Waals surface area contributed by atoms with Crippen LogP contribution in [-0.4, -0.2) is 44.8 Å². The summed E-state index contributed by atoms with van der Waals surface area (Å²) in [6.07, 6.45) is 0.473. The summed E-state index contributed by atoms with van der Waals surface area (Å²) in [5, 5.41) is 6.86. The van der Waals surface area contributed by atoms with Gasteiger partial charge in [0.25, 0.3) is 0 Å². The van der Waals surface area contributed by atoms with Crippen molar-refractivity contribution >= 4 is 49.7 Å². The highest BCUT2D eigenvalue weighted by molar-refractivity contribution is 7.89. The molecule has 0 spiro atoms. The number of Topliss-reactive ketones (excluding diaryl/α,β-unsaturated/α-hetero) is 1. The number of sulfonamides is 1. The first-order valence-electron chi connectivity index (χ1n) is 15.9. The molecule has 5 aromatic rings. The van der Waals surface area contributed by atoms with Crippen molar-refractivity contribution in [1.82, 2.24) is 15.4 Å². The molecular formula is C37H39N3O7S. The summed E-state index contributed by atoms with van der Waals surface area (Å²) < 4.78 is 40.2. The van der Waals surface area contributed by atoms with Crippen molar-refractivity contribution < 1.29 is 32.0 Å². The lowest BCUT2D eigenvalue weighted by Crippen LogP contribution is -2.55. The van der Waals surface area contributed by atoms with Gasteiger partial charge in [-0.3, -0.25) is 9.59 Å². The molecule has 0 aliphatic heterocycles. The van der Waals surface area contributed by atoms with Crippen molar-refractivity contribution in [2.75, 3.05) is 6.54 Å². The fraction of sp³-hybridized carbons (Fsp3) is 0.270. The van der Waals surface area contributed by atoms with Crippen molar-refractivity contribution in [3.05, 3.63) is 114 Å². The maximum absolute atomic E-state index is 13.6. The lowest BCUT2D eigenvalue weighted by molar-refractivity contribution is -0.129. The predicted octanol–water partition coefficient (Wildman–Crippen LogP) is 5.89. The molecule has 0 saturated heterocycles. The quantitative estimate of drug-likeness (QED) is 0.126. The van der Waals surface area contributed by atoms with E-state index in [1.54, 1.807) is 12.1 Å². The molecule has 1 unspecified atom stereocenters. The summed E-state index contributed by atoms with van der Waals surface area (Å²) in [6, 6.07) is 28.4. The standard InChI is InChI=1S/C37H39N3O7S/c1-3-25(2)35(40-37(43)46-24-27-14-8-5-9-15-27)36(42)39-31(20-18-26-12-6-4-7-13-26)32(41)23-38-48(44,45)28-19-21-34-30(22-28)29-16-10-11-17-33(29)47-34/h4-17,19,21-22,25,31,35,38H,3,18,20,23-24H2,1-2H3,(H,39,42)(H,40,43)/t25?,31-,35-/m0/s1. The van der Waals surface area contributed by atoms with Crippen molar-refractivity contribution in [2.45, 2.75) is 56.7 Å². The Bertz CT molecular complexity index is 1980. The van der Waals surface area contributed by atoms with Crippen molar-refractivity contribution in [1.29, 1.82) is 0 Å². The fourth-order valence-corrected chi connectivity index (χ4v) is 6.39. The molecule has 3 N–H and O–H groups in total. The number of ketones is 1. The molecule has 0 aliphatic rings. The third-order valence-electron chi connectivity index (χ3n) is 8.35. The zero-order valence-electron chi connectivity index (χ0n) is 26.8. The smallest absolute Gasteiger partial charge is 0.408 e. The van der Waals surface area contributed by atoms with Crippen LogP contribution < -0.4 is 15.4 Å². The molecule has 5 rings (SSSR count). The number of fused-ring (bicyclic) bond motifs is 3. The number of nitrogens with one attached hydrogen (secondary N) is 3. The van der Waals surface area contributed by atoms with Crippen LogP contribution in [0.4, 0.5) is 4.79 Å². The molecule has 3 atom stereocenters. The highest BCUT2D eigenvalue weighted by Gasteiger charge is 2.31. The Morgan fingerprint density at radius 3 is 2.15 bits per heavy atom. The number of para-hydroxylation sites is 1. The number of carbonyl (C=O) groups is 3. The molecule has 11 heteroatoms. The summed E-state index contributed by atoms with van der Waals surface area (Å²) in [4.78, 5) is 39.9. The van der Waals surface area contributed by atoms with Gasteiger partial charge in [-0.25, -0.2) is 17.9 Å². The Labute approximate surface area is 279 Å². The normalized spacial score (nSPS) is 13.5. The average Bonchev–Trinajstić information content (AvgIpc) is 3.49. The number of carbonyl (C=O) groups excluding carboxylic acids is 3. The van der Waals surface area contributed by atoms with Crippen molar-refractivity contribution in [3.63, 3.8) is 0 Å². The summed E-state index contributed by atoms with van der Waals surface area (Å²) in [6.45, 7) is 3.19. The van der Waals surface area contributed by atoms with Crippen molar-refractivity contribution in [2.24, 2.45) is 5.92 Å². The molecule has 1 heterocycles. The van der Waals surface area contributed by atoms with E-state index < -0.39 is 46.4 Å². The number of hydrogen-bond donors (Lipinski definition) is 3. The summed E-state index contributed by atoms with van der Waals surface area (Å²) in [7, 11) is -4.10. The van der Waals surface area contributed by atoms with Crippen LogP contribution in [0.5, 0.6) is 0 Å². The Hall–Kier alpha value is -5.00. The summed E-state index contributed by atoms with van der Waals surface area (Å²) in [5.74, 6) is -1.37. The Balaban J connectivity index is 1.29. The van der Waals surface area contributed by atoms with E-state index in [-0.39, 0.29) is 23.8 Å². The van der Waals surface area contributed by atoms with E-state index in [1.165, 1.54) is 12.1 Å². The number of amides is 2. The zero-order chi connectivity index (χ0) is 34.1. The fourth-order valence-electron chi connectivity index (χ4n) is 5.37. The SMILES string of the molecule is CCC(C)[C@H](NC(=O)OCc1ccccc1)C(=O)N[C@@H](CCc1ccccc1)C(=O)CNS(=O)(=O)c1ccc2oc3ccccc3c2c1. The molecule has 2 amide bonds. The lowest BCUT2D eigenvalue weighted by atomic mass is 9.96. The van der Waals surface area contributed by atoms with Gasteiger partial charge in [0, 0.05) is 10.8 Å². The first kappa shape index (κ1) is 34.3. The molecule has 4 aromatic carbocycles. The minimum atomic E-state index is -4.10. The molecule has 0 fully saturated rings. The molecule has 250 valence electrons. The topological polar surface area (TPSA) is 144 Å². The van der Waals surface area contributed by atoms with Gasteiger partial charge in [-0.05, 0) is 54.2 Å². The van der Waals surface area contributed by atoms with Crippen LogP contribution >= 0.6 is 0 Å². The highest BCUT2D eigenvalue weighted by atomic mass is 32.2. The van der Waals surface area contributed by atoms with Crippen molar-refractivity contribution in [3.8, 4) is 0 Å². The van der Waals surface area contributed by atoms with Crippen LogP contribution in [0.3, 0.4) is 0 Å². The minimum Gasteiger partial charge on any atom is -0.456 e. The van der Waals surface area contributed by atoms with E-state index in [0.29, 0.717) is 29.4 Å². The summed E-state index contributed by atoms with van der Waals surface area (Å²) in [5.41, 5.74) is 2.93. The minimum absolute atomic E-state index is 0.0192. The van der Waals surface area contributed by atoms with Gasteiger partial charge in [0.15, 0.2) is 5.78 Å². The van der Waals surface area contributed by atoms with E-state index in [2.05, 4.69) is 15.4 Å². The van der Waals surface area contributed by atoms with Gasteiger partial charge in [-0.2, -0.15) is 0 Å². The van der Waals surface area contributed by atoms with Gasteiger partial charge < -0.3 is 19.8 Å². The largest absolute Gasteiger partial charge is 0.456 e. The van der Waals surface area contributed by atoms with Gasteiger partial charge in [0.2, 0.25) is 15.9 Å². The van der Waals surface area contributed by atoms with E-state index >= 15 is 0 Å². The lowest BCUT2D eigenvalue weighted by Gasteiger charge is -2.26. The molecule has 1 aromatic heterocycles. The first-order valence-corrected chi connectivity index (χ1v) is 17.4. The number of aryl methyl sites for hydroxylation is 1. The summed E-state index contributed by atoms with van der Waals surface area (Å²) >= 11 is 0. The maximum Gasteiger partial charge on any atom is 0.408 e. The molecular weight excluding hydrogens is 630 g/mol. The zero-order valence-corrected chi connectivity index (χ0v) is 27.7. The second-order valence-corrected chi connectivity index (χ2v) is 13.5. The van der Waals surface area contributed by atoms with Crippen LogP contribution in [0, 0.1) is 5.92 Å². The molecule has 0 saturated carbocycles. The number of ether oxygens (including phenoxy) is 1. The number of benzene rings is 4. The monoisotopic (exact) mass is 669 g/mol. The van der Waals surface area contributed by atoms with Crippen LogP contribution in [0.15, 0.2) is 112 Å². The van der Waals surface area contributed by atoms with E-state index in [1.807, 2.05) is 92.7 Å². The van der Waals surface area contributed by atoms with E-state index in [4.69, 9.17) is 9.15 Å². The molecule has 0 aliphatic carbocycles. The average molecular weight is 670 g/mol. The third kappa shape index (κ3) is 8.67. The van der Waals surface area contributed by atoms with Crippen LogP contribution in [0.1, 0.15) is 37.8 Å². The number of hydrogen-bond acceptors (Lipinski definition) is 7. The third-order valence-corrected chi connectivity index (χ3v) is 9.75. The first-order chi connectivity index (χ1) is 23.1. The molecule has 0 radical (unpaired) electrons. The second kappa shape index (κ2) is 15.7. The Kier molecular flexibility index (Phi) is 11.3. The maximum atomic E-state index is 13.6. The van der Waals surface area contributed by atoms with Gasteiger partial charge in [0.1, 0.15) is 23.8 Å². The second-order valence-electron chi connectivity index (χ2n) is 11.7. The predicted molar refractivity (Wildman–Crippen MR) is 184 cm³/mol. The molecule has 0 bridgehead atoms. The highest BCUT2D eigenvalue weighted by Crippen LogP contribution is 2.30. The van der Waals surface area contributed by atoms with Crippen LogP contribution in [0.2, 0.25) is 0 Å². The van der Waals surface area contributed by atoms with E-state index in [9.17, 15) is 22.8 Å². The molecule has 48 heavy (non-hydrogen) atoms. The van der Waals surface area contributed by atoms with Gasteiger partial charge in [0.05, 0.1) is 17.5 Å². The Morgan fingerprint density at radius 1 is 0.792 bits per heavy atom. The van der Waals surface area contributed by atoms with Gasteiger partial charge in [-0.15, -0.1) is 0 Å².